The number of nitrogens with two attached hydrogens (primary N) is 1. The van der Waals surface area contributed by atoms with E-state index in [1.807, 2.05) is 0 Å². The first-order valence-corrected chi connectivity index (χ1v) is 5.88. The number of benzene rings is 1. The minimum absolute atomic E-state index is 0.0487. The smallest absolute Gasteiger partial charge is 0.389 e. The molecule has 1 aromatic carbocycles. The summed E-state index contributed by atoms with van der Waals surface area (Å²) < 4.78 is 38.2. The second-order valence-electron chi connectivity index (χ2n) is 5.21. The van der Waals surface area contributed by atoms with Crippen molar-refractivity contribution in [2.75, 3.05) is 18.5 Å². The lowest BCUT2D eigenvalue weighted by Crippen LogP contribution is -2.36. The monoisotopic (exact) mass is 276 g/mol. The van der Waals surface area contributed by atoms with E-state index in [1.54, 1.807) is 25.8 Å². The number of hydrogen-bond acceptors (Lipinski definition) is 3. The molecule has 0 saturated carbocycles. The Hall–Kier alpha value is -1.27. The molecule has 108 valence electrons. The SMILES string of the molecule is CN(CC(C)(C)O)c1ccc(C(F)(F)F)c(CN)c1. The van der Waals surface area contributed by atoms with Gasteiger partial charge in [-0.15, -0.1) is 0 Å². The van der Waals surface area contributed by atoms with Gasteiger partial charge >= 0.3 is 6.18 Å². The van der Waals surface area contributed by atoms with Gasteiger partial charge in [-0.05, 0) is 37.6 Å². The molecule has 0 aliphatic heterocycles. The van der Waals surface area contributed by atoms with Crippen LogP contribution in [0.3, 0.4) is 0 Å². The van der Waals surface area contributed by atoms with E-state index in [9.17, 15) is 18.3 Å². The molecule has 0 radical (unpaired) electrons. The van der Waals surface area contributed by atoms with E-state index >= 15 is 0 Å². The van der Waals surface area contributed by atoms with E-state index in [0.717, 1.165) is 6.07 Å². The third kappa shape index (κ3) is 4.40. The van der Waals surface area contributed by atoms with Crippen LogP contribution in [0.25, 0.3) is 0 Å². The fourth-order valence-electron chi connectivity index (χ4n) is 1.93. The average Bonchev–Trinajstić information content (AvgIpc) is 2.24. The first-order valence-electron chi connectivity index (χ1n) is 5.88. The number of aliphatic hydroxyl groups is 1. The van der Waals surface area contributed by atoms with Crippen molar-refractivity contribution >= 4 is 5.69 Å². The van der Waals surface area contributed by atoms with Gasteiger partial charge in [-0.1, -0.05) is 0 Å². The zero-order chi connectivity index (χ0) is 14.8. The summed E-state index contributed by atoms with van der Waals surface area (Å²) in [5, 5.41) is 9.71. The number of likely N-dealkylation sites (N-methyl/N-ethyl adjacent to an activating group) is 1. The molecule has 3 nitrogen and oxygen atoms in total. The third-order valence-electron chi connectivity index (χ3n) is 2.68. The van der Waals surface area contributed by atoms with Gasteiger partial charge in [-0.3, -0.25) is 0 Å². The molecule has 0 bridgehead atoms. The highest BCUT2D eigenvalue weighted by molar-refractivity contribution is 5.51. The molecule has 0 atom stereocenters. The van der Waals surface area contributed by atoms with Crippen LogP contribution in [-0.2, 0) is 12.7 Å². The summed E-state index contributed by atoms with van der Waals surface area (Å²) in [5.41, 5.74) is 4.37. The molecule has 19 heavy (non-hydrogen) atoms. The van der Waals surface area contributed by atoms with Crippen LogP contribution in [0.1, 0.15) is 25.0 Å². The van der Waals surface area contributed by atoms with Gasteiger partial charge in [0.2, 0.25) is 0 Å². The lowest BCUT2D eigenvalue weighted by molar-refractivity contribution is -0.138. The van der Waals surface area contributed by atoms with Crippen molar-refractivity contribution in [3.63, 3.8) is 0 Å². The largest absolute Gasteiger partial charge is 0.416 e. The molecular weight excluding hydrogens is 257 g/mol. The summed E-state index contributed by atoms with van der Waals surface area (Å²) in [6, 6.07) is 3.82. The Balaban J connectivity index is 3.07. The lowest BCUT2D eigenvalue weighted by Gasteiger charge is -2.28. The Morgan fingerprint density at radius 2 is 1.84 bits per heavy atom. The van der Waals surface area contributed by atoms with Crippen LogP contribution in [0.4, 0.5) is 18.9 Å². The van der Waals surface area contributed by atoms with Gasteiger partial charge in [0.1, 0.15) is 0 Å². The molecule has 3 N–H and O–H groups in total. The Labute approximate surface area is 110 Å². The predicted octanol–water partition coefficient (Wildman–Crippen LogP) is 2.37. The number of nitrogens with zero attached hydrogens (tertiary/aromatic N) is 1. The van der Waals surface area contributed by atoms with Gasteiger partial charge in [0.05, 0.1) is 11.2 Å². The zero-order valence-corrected chi connectivity index (χ0v) is 11.3. The third-order valence-corrected chi connectivity index (χ3v) is 2.68. The minimum Gasteiger partial charge on any atom is -0.389 e. The van der Waals surface area contributed by atoms with Crippen molar-refractivity contribution in [2.45, 2.75) is 32.2 Å². The van der Waals surface area contributed by atoms with Crippen LogP contribution >= 0.6 is 0 Å². The van der Waals surface area contributed by atoms with E-state index in [1.165, 1.54) is 12.1 Å². The molecule has 6 heteroatoms. The standard InChI is InChI=1S/C13H19F3N2O/c1-12(2,19)8-18(3)10-4-5-11(13(14,15)16)9(6-10)7-17/h4-6,19H,7-8,17H2,1-3H3. The van der Waals surface area contributed by atoms with E-state index in [0.29, 0.717) is 12.2 Å². The molecule has 0 aliphatic carbocycles. The first kappa shape index (κ1) is 15.8. The summed E-state index contributed by atoms with van der Waals surface area (Å²) in [5.74, 6) is 0. The van der Waals surface area contributed by atoms with Crippen molar-refractivity contribution < 1.29 is 18.3 Å². The topological polar surface area (TPSA) is 49.5 Å². The second-order valence-corrected chi connectivity index (χ2v) is 5.21. The normalized spacial score (nSPS) is 12.6. The molecule has 0 heterocycles. The van der Waals surface area contributed by atoms with Gasteiger partial charge < -0.3 is 15.7 Å². The molecule has 1 aromatic rings. The molecule has 0 amide bonds. The van der Waals surface area contributed by atoms with E-state index in [2.05, 4.69) is 0 Å². The summed E-state index contributed by atoms with van der Waals surface area (Å²) in [7, 11) is 1.71. The van der Waals surface area contributed by atoms with E-state index < -0.39 is 17.3 Å². The van der Waals surface area contributed by atoms with Crippen molar-refractivity contribution in [1.82, 2.24) is 0 Å². The summed E-state index contributed by atoms with van der Waals surface area (Å²) in [4.78, 5) is 1.69. The molecule has 0 spiro atoms. The maximum atomic E-state index is 12.7. The van der Waals surface area contributed by atoms with Crippen LogP contribution in [0.5, 0.6) is 0 Å². The van der Waals surface area contributed by atoms with Crippen molar-refractivity contribution in [2.24, 2.45) is 5.73 Å². The summed E-state index contributed by atoms with van der Waals surface area (Å²) in [6.45, 7) is 3.40. The van der Waals surface area contributed by atoms with Gasteiger partial charge in [0.25, 0.3) is 0 Å². The quantitative estimate of drug-likeness (QED) is 0.887. The Kier molecular flexibility index (Phi) is 4.47. The fraction of sp³-hybridized carbons (Fsp3) is 0.538. The zero-order valence-electron chi connectivity index (χ0n) is 11.3. The summed E-state index contributed by atoms with van der Waals surface area (Å²) >= 11 is 0. The number of rotatable bonds is 4. The molecule has 0 aromatic heterocycles. The van der Waals surface area contributed by atoms with Crippen LogP contribution < -0.4 is 10.6 Å². The Morgan fingerprint density at radius 3 is 2.26 bits per heavy atom. The molecule has 1 rings (SSSR count). The maximum Gasteiger partial charge on any atom is 0.416 e. The molecular formula is C13H19F3N2O. The van der Waals surface area contributed by atoms with Gasteiger partial charge in [0, 0.05) is 25.8 Å². The summed E-state index contributed by atoms with van der Waals surface area (Å²) in [6.07, 6.45) is -4.40. The van der Waals surface area contributed by atoms with Crippen molar-refractivity contribution in [1.29, 1.82) is 0 Å². The van der Waals surface area contributed by atoms with Crippen LogP contribution in [0.15, 0.2) is 18.2 Å². The van der Waals surface area contributed by atoms with E-state index in [4.69, 9.17) is 5.73 Å². The molecule has 0 saturated heterocycles. The molecule has 0 fully saturated rings. The van der Waals surface area contributed by atoms with Crippen LogP contribution in [-0.4, -0.2) is 24.3 Å². The predicted molar refractivity (Wildman–Crippen MR) is 68.9 cm³/mol. The highest BCUT2D eigenvalue weighted by Gasteiger charge is 2.33. The van der Waals surface area contributed by atoms with Crippen molar-refractivity contribution in [3.05, 3.63) is 29.3 Å². The van der Waals surface area contributed by atoms with Crippen LogP contribution in [0, 0.1) is 0 Å². The Morgan fingerprint density at radius 1 is 1.26 bits per heavy atom. The second kappa shape index (κ2) is 5.38. The number of halogens is 3. The minimum atomic E-state index is -4.40. The number of alkyl halides is 3. The first-order chi connectivity index (χ1) is 8.54. The molecule has 0 aliphatic rings. The highest BCUT2D eigenvalue weighted by Crippen LogP contribution is 2.33. The number of anilines is 1. The lowest BCUT2D eigenvalue weighted by atomic mass is 10.0. The van der Waals surface area contributed by atoms with E-state index in [-0.39, 0.29) is 12.1 Å². The molecule has 0 unspecified atom stereocenters. The average molecular weight is 276 g/mol. The van der Waals surface area contributed by atoms with Gasteiger partial charge in [-0.2, -0.15) is 13.2 Å². The number of hydrogen-bond donors (Lipinski definition) is 2. The highest BCUT2D eigenvalue weighted by atomic mass is 19.4. The maximum absolute atomic E-state index is 12.7. The van der Waals surface area contributed by atoms with Gasteiger partial charge in [0.15, 0.2) is 0 Å². The Bertz CT molecular complexity index is 438. The van der Waals surface area contributed by atoms with Crippen molar-refractivity contribution in [3.8, 4) is 0 Å². The fourth-order valence-corrected chi connectivity index (χ4v) is 1.93. The van der Waals surface area contributed by atoms with Gasteiger partial charge in [-0.25, -0.2) is 0 Å². The van der Waals surface area contributed by atoms with Crippen LogP contribution in [0.2, 0.25) is 0 Å².